The number of fused-ring (bicyclic) bond motifs is 2. The Morgan fingerprint density at radius 3 is 2.63 bits per heavy atom. The minimum atomic E-state index is -0.816. The summed E-state index contributed by atoms with van der Waals surface area (Å²) in [6, 6.07) is 9.90. The second-order valence-corrected chi connectivity index (χ2v) is 10.4. The van der Waals surface area contributed by atoms with Crippen LogP contribution < -0.4 is 0 Å². The standard InChI is InChI=1S/C23H28BrNO5/c1-13-4-9-18-14(2)20(26-19(12-25)15-5-7-16(24)8-6-15)27-21-23(18)17(13)10-11-22(3,28-21)29-30-23/h5-8,13-14,17-21H,4,9-11H2,1-3H3/t13-,14-,17+,18+,19+,20+,21-,22-,23-/m1/s1. The van der Waals surface area contributed by atoms with Crippen molar-refractivity contribution in [3.63, 3.8) is 0 Å². The zero-order valence-corrected chi connectivity index (χ0v) is 19.1. The molecule has 7 heteroatoms. The number of rotatable bonds is 3. The highest BCUT2D eigenvalue weighted by molar-refractivity contribution is 9.10. The van der Waals surface area contributed by atoms with Crippen LogP contribution in [0.5, 0.6) is 0 Å². The van der Waals surface area contributed by atoms with Gasteiger partial charge in [-0.1, -0.05) is 41.9 Å². The number of ether oxygens (including phenoxy) is 3. The first-order valence-corrected chi connectivity index (χ1v) is 11.7. The topological polar surface area (TPSA) is 69.9 Å². The van der Waals surface area contributed by atoms with E-state index in [9.17, 15) is 5.26 Å². The monoisotopic (exact) mass is 477 g/mol. The molecule has 0 amide bonds. The number of nitrogens with zero attached hydrogens (tertiary/aromatic N) is 1. The van der Waals surface area contributed by atoms with Gasteiger partial charge in [-0.3, -0.25) is 0 Å². The van der Waals surface area contributed by atoms with Gasteiger partial charge < -0.3 is 14.2 Å². The molecule has 5 aliphatic rings. The van der Waals surface area contributed by atoms with Crippen LogP contribution in [0.3, 0.4) is 0 Å². The predicted molar refractivity (Wildman–Crippen MR) is 110 cm³/mol. The molecule has 5 fully saturated rings. The molecule has 0 unspecified atom stereocenters. The van der Waals surface area contributed by atoms with Crippen LogP contribution in [0, 0.1) is 35.0 Å². The molecule has 0 aromatic heterocycles. The maximum Gasteiger partial charge on any atom is 0.201 e. The van der Waals surface area contributed by atoms with E-state index in [0.717, 1.165) is 35.7 Å². The molecular weight excluding hydrogens is 450 g/mol. The minimum absolute atomic E-state index is 0.0391. The molecule has 6 rings (SSSR count). The van der Waals surface area contributed by atoms with Crippen LogP contribution in [0.15, 0.2) is 28.7 Å². The van der Waals surface area contributed by atoms with Crippen LogP contribution in [0.1, 0.15) is 58.1 Å². The lowest BCUT2D eigenvalue weighted by atomic mass is 9.58. The van der Waals surface area contributed by atoms with Gasteiger partial charge >= 0.3 is 0 Å². The molecule has 6 nitrogen and oxygen atoms in total. The van der Waals surface area contributed by atoms with Gasteiger partial charge in [-0.05, 0) is 55.7 Å². The van der Waals surface area contributed by atoms with Gasteiger partial charge in [0.05, 0.1) is 6.07 Å². The molecule has 4 heterocycles. The molecule has 9 atom stereocenters. The van der Waals surface area contributed by atoms with Crippen molar-refractivity contribution in [2.24, 2.45) is 23.7 Å². The molecule has 30 heavy (non-hydrogen) atoms. The number of hydrogen-bond donors (Lipinski definition) is 0. The Balaban J connectivity index is 1.45. The van der Waals surface area contributed by atoms with Crippen molar-refractivity contribution in [1.82, 2.24) is 0 Å². The quantitative estimate of drug-likeness (QED) is 0.554. The van der Waals surface area contributed by atoms with Crippen molar-refractivity contribution in [2.75, 3.05) is 0 Å². The van der Waals surface area contributed by atoms with Crippen molar-refractivity contribution in [3.05, 3.63) is 34.3 Å². The molecule has 1 saturated carbocycles. The van der Waals surface area contributed by atoms with E-state index in [1.165, 1.54) is 0 Å². The Bertz CT molecular complexity index is 843. The summed E-state index contributed by atoms with van der Waals surface area (Å²) >= 11 is 3.44. The fourth-order valence-electron chi connectivity index (χ4n) is 5.98. The number of hydrogen-bond acceptors (Lipinski definition) is 6. The van der Waals surface area contributed by atoms with E-state index in [2.05, 4.69) is 35.8 Å². The normalized spacial score (nSPS) is 45.8. The average molecular weight is 478 g/mol. The Morgan fingerprint density at radius 2 is 1.90 bits per heavy atom. The third kappa shape index (κ3) is 3.16. The maximum atomic E-state index is 9.78. The van der Waals surface area contributed by atoms with Crippen molar-refractivity contribution < 1.29 is 24.0 Å². The lowest BCUT2D eigenvalue weighted by Crippen LogP contribution is -2.70. The highest BCUT2D eigenvalue weighted by Gasteiger charge is 2.69. The summed E-state index contributed by atoms with van der Waals surface area (Å²) in [7, 11) is 0. The van der Waals surface area contributed by atoms with E-state index in [0.29, 0.717) is 11.8 Å². The third-order valence-electron chi connectivity index (χ3n) is 7.66. The Hall–Kier alpha value is -1.01. The van der Waals surface area contributed by atoms with Crippen LogP contribution in [-0.4, -0.2) is 24.0 Å². The summed E-state index contributed by atoms with van der Waals surface area (Å²) in [5.41, 5.74) is 0.189. The molecule has 162 valence electrons. The molecule has 1 aliphatic carbocycles. The van der Waals surface area contributed by atoms with Crippen molar-refractivity contribution in [2.45, 2.75) is 76.5 Å². The summed E-state index contributed by atoms with van der Waals surface area (Å²) in [4.78, 5) is 12.0. The first-order valence-electron chi connectivity index (χ1n) is 10.9. The Morgan fingerprint density at radius 1 is 1.13 bits per heavy atom. The highest BCUT2D eigenvalue weighted by atomic mass is 79.9. The van der Waals surface area contributed by atoms with Gasteiger partial charge in [0.25, 0.3) is 0 Å². The predicted octanol–water partition coefficient (Wildman–Crippen LogP) is 5.24. The lowest BCUT2D eigenvalue weighted by Gasteiger charge is -2.60. The summed E-state index contributed by atoms with van der Waals surface area (Å²) in [5.74, 6) is 0.223. The first kappa shape index (κ1) is 20.9. The molecule has 1 aromatic carbocycles. The molecule has 2 bridgehead atoms. The molecule has 4 aliphatic heterocycles. The summed E-state index contributed by atoms with van der Waals surface area (Å²) < 4.78 is 20.0. The summed E-state index contributed by atoms with van der Waals surface area (Å²) in [5, 5.41) is 9.78. The van der Waals surface area contributed by atoms with Gasteiger partial charge in [-0.25, -0.2) is 9.78 Å². The number of benzene rings is 1. The van der Waals surface area contributed by atoms with E-state index >= 15 is 0 Å². The number of nitriles is 1. The Kier molecular flexibility index (Phi) is 5.25. The van der Waals surface area contributed by atoms with E-state index in [1.54, 1.807) is 0 Å². The van der Waals surface area contributed by atoms with Gasteiger partial charge in [-0.2, -0.15) is 5.26 Å². The van der Waals surface area contributed by atoms with Crippen LogP contribution >= 0.6 is 15.9 Å². The van der Waals surface area contributed by atoms with Gasteiger partial charge in [0.2, 0.25) is 5.79 Å². The Labute approximate surface area is 185 Å². The van der Waals surface area contributed by atoms with E-state index in [1.807, 2.05) is 31.2 Å². The van der Waals surface area contributed by atoms with Crippen molar-refractivity contribution in [3.8, 4) is 6.07 Å². The number of halogens is 1. The fraction of sp³-hybridized carbons (Fsp3) is 0.696. The molecular formula is C23H28BrNO5. The average Bonchev–Trinajstić information content (AvgIpc) is 2.96. The highest BCUT2D eigenvalue weighted by Crippen LogP contribution is 2.60. The van der Waals surface area contributed by atoms with Crippen LogP contribution in [0.25, 0.3) is 0 Å². The largest absolute Gasteiger partial charge is 0.329 e. The molecule has 0 N–H and O–H groups in total. The zero-order valence-electron chi connectivity index (χ0n) is 17.5. The smallest absolute Gasteiger partial charge is 0.201 e. The van der Waals surface area contributed by atoms with Crippen molar-refractivity contribution >= 4 is 15.9 Å². The zero-order chi connectivity index (χ0) is 21.1. The maximum absolute atomic E-state index is 9.78. The van der Waals surface area contributed by atoms with Crippen LogP contribution in [0.4, 0.5) is 0 Å². The second-order valence-electron chi connectivity index (χ2n) is 9.47. The van der Waals surface area contributed by atoms with Gasteiger partial charge in [-0.15, -0.1) is 0 Å². The SMILES string of the molecule is C[C@H]1[C@@H](O[C@@H](C#N)c2ccc(Br)cc2)O[C@@H]2O[C@@]3(C)CC[C@H]4[C@H](C)CC[C@@H]1[C@@]24OO3. The van der Waals surface area contributed by atoms with Crippen LogP contribution in [0.2, 0.25) is 0 Å². The van der Waals surface area contributed by atoms with Gasteiger partial charge in [0, 0.05) is 22.7 Å². The molecule has 4 saturated heterocycles. The van der Waals surface area contributed by atoms with E-state index in [-0.39, 0.29) is 11.8 Å². The van der Waals surface area contributed by atoms with Crippen LogP contribution in [-0.2, 0) is 24.0 Å². The van der Waals surface area contributed by atoms with Gasteiger partial charge in [0.1, 0.15) is 0 Å². The molecule has 1 aromatic rings. The third-order valence-corrected chi connectivity index (χ3v) is 8.19. The summed E-state index contributed by atoms with van der Waals surface area (Å²) in [6.45, 7) is 6.34. The lowest BCUT2D eigenvalue weighted by molar-refractivity contribution is -0.578. The first-order chi connectivity index (χ1) is 14.4. The fourth-order valence-corrected chi connectivity index (χ4v) is 6.25. The van der Waals surface area contributed by atoms with Crippen molar-refractivity contribution in [1.29, 1.82) is 5.26 Å². The second kappa shape index (κ2) is 7.54. The van der Waals surface area contributed by atoms with Gasteiger partial charge in [0.15, 0.2) is 24.3 Å². The summed E-state index contributed by atoms with van der Waals surface area (Å²) in [6.07, 6.45) is 2.06. The molecule has 1 spiro atoms. The molecule has 0 radical (unpaired) electrons. The minimum Gasteiger partial charge on any atom is -0.329 e. The van der Waals surface area contributed by atoms with E-state index < -0.39 is 30.1 Å². The van der Waals surface area contributed by atoms with E-state index in [4.69, 9.17) is 24.0 Å².